The second-order valence-corrected chi connectivity index (χ2v) is 4.12. The van der Waals surface area contributed by atoms with Crippen LogP contribution in [0.2, 0.25) is 0 Å². The van der Waals surface area contributed by atoms with E-state index in [1.54, 1.807) is 12.1 Å². The molecule has 0 aromatic heterocycles. The molecular formula is C9H10BrFOS. The molecule has 1 aromatic rings. The van der Waals surface area contributed by atoms with E-state index in [-0.39, 0.29) is 5.82 Å². The van der Waals surface area contributed by atoms with Crippen molar-refractivity contribution in [2.24, 2.45) is 0 Å². The number of halogens is 2. The monoisotopic (exact) mass is 264 g/mol. The summed E-state index contributed by atoms with van der Waals surface area (Å²) in [6.45, 7) is 2.31. The van der Waals surface area contributed by atoms with Crippen LogP contribution in [-0.2, 0) is 0 Å². The van der Waals surface area contributed by atoms with Crippen molar-refractivity contribution < 1.29 is 9.13 Å². The molecule has 0 radical (unpaired) electrons. The molecule has 0 fully saturated rings. The topological polar surface area (TPSA) is 9.23 Å². The van der Waals surface area contributed by atoms with Gasteiger partial charge in [0, 0.05) is 9.37 Å². The maximum atomic E-state index is 13.5. The van der Waals surface area contributed by atoms with Gasteiger partial charge in [-0.1, -0.05) is 15.9 Å². The minimum atomic E-state index is -0.280. The van der Waals surface area contributed by atoms with Gasteiger partial charge in [-0.2, -0.15) is 0 Å². The summed E-state index contributed by atoms with van der Waals surface area (Å²) in [6.07, 6.45) is 1.83. The molecule has 0 aliphatic carbocycles. The van der Waals surface area contributed by atoms with E-state index in [4.69, 9.17) is 4.74 Å². The van der Waals surface area contributed by atoms with Gasteiger partial charge in [0.2, 0.25) is 0 Å². The highest BCUT2D eigenvalue weighted by atomic mass is 79.9. The summed E-state index contributed by atoms with van der Waals surface area (Å²) >= 11 is 4.66. The summed E-state index contributed by atoms with van der Waals surface area (Å²) in [6, 6.07) is 3.38. The maximum absolute atomic E-state index is 13.5. The van der Waals surface area contributed by atoms with E-state index in [2.05, 4.69) is 15.9 Å². The molecule has 0 spiro atoms. The van der Waals surface area contributed by atoms with Gasteiger partial charge in [0.15, 0.2) is 11.6 Å². The van der Waals surface area contributed by atoms with E-state index in [9.17, 15) is 4.39 Å². The quantitative estimate of drug-likeness (QED) is 0.770. The van der Waals surface area contributed by atoms with Crippen molar-refractivity contribution >= 4 is 27.7 Å². The summed E-state index contributed by atoms with van der Waals surface area (Å²) in [4.78, 5) is 0.595. The lowest BCUT2D eigenvalue weighted by Gasteiger charge is -2.07. The molecule has 4 heteroatoms. The Morgan fingerprint density at radius 2 is 2.23 bits per heavy atom. The van der Waals surface area contributed by atoms with Gasteiger partial charge in [0.25, 0.3) is 0 Å². The van der Waals surface area contributed by atoms with E-state index in [1.807, 2.05) is 13.2 Å². The van der Waals surface area contributed by atoms with Gasteiger partial charge in [0.05, 0.1) is 6.61 Å². The molecule has 0 aliphatic heterocycles. The van der Waals surface area contributed by atoms with Gasteiger partial charge in [-0.15, -0.1) is 11.8 Å². The third-order valence-corrected chi connectivity index (χ3v) is 2.69. The number of hydrogen-bond acceptors (Lipinski definition) is 2. The smallest absolute Gasteiger partial charge is 0.178 e. The van der Waals surface area contributed by atoms with E-state index in [1.165, 1.54) is 11.8 Å². The molecule has 0 aliphatic rings. The average molecular weight is 265 g/mol. The highest BCUT2D eigenvalue weighted by molar-refractivity contribution is 9.10. The van der Waals surface area contributed by atoms with Crippen LogP contribution < -0.4 is 4.74 Å². The number of rotatable bonds is 3. The number of ether oxygens (including phenoxy) is 1. The summed E-state index contributed by atoms with van der Waals surface area (Å²) in [5.41, 5.74) is 0. The Balaban J connectivity index is 3.11. The molecule has 0 unspecified atom stereocenters. The molecule has 13 heavy (non-hydrogen) atoms. The van der Waals surface area contributed by atoms with Crippen molar-refractivity contribution in [3.05, 3.63) is 22.4 Å². The van der Waals surface area contributed by atoms with Crippen LogP contribution in [0.1, 0.15) is 6.92 Å². The standard InChI is InChI=1S/C9H10BrFOS/c1-3-12-7-4-6(10)5-8(13-2)9(7)11/h4-5H,3H2,1-2H3. The molecular weight excluding hydrogens is 255 g/mol. The van der Waals surface area contributed by atoms with Crippen molar-refractivity contribution in [1.29, 1.82) is 0 Å². The number of thioether (sulfide) groups is 1. The molecule has 0 saturated carbocycles. The summed E-state index contributed by atoms with van der Waals surface area (Å²) in [7, 11) is 0. The van der Waals surface area contributed by atoms with Crippen LogP contribution in [0.5, 0.6) is 5.75 Å². The zero-order chi connectivity index (χ0) is 9.84. The second-order valence-electron chi connectivity index (χ2n) is 2.35. The van der Waals surface area contributed by atoms with Crippen molar-refractivity contribution in [2.75, 3.05) is 12.9 Å². The van der Waals surface area contributed by atoms with E-state index in [0.717, 1.165) is 4.47 Å². The number of benzene rings is 1. The molecule has 0 amide bonds. The second kappa shape index (κ2) is 4.86. The fourth-order valence-electron chi connectivity index (χ4n) is 0.949. The van der Waals surface area contributed by atoms with E-state index >= 15 is 0 Å². The normalized spacial score (nSPS) is 10.2. The lowest BCUT2D eigenvalue weighted by atomic mass is 10.3. The van der Waals surface area contributed by atoms with Gasteiger partial charge in [0.1, 0.15) is 0 Å². The molecule has 1 rings (SSSR count). The fraction of sp³-hybridized carbons (Fsp3) is 0.333. The van der Waals surface area contributed by atoms with Crippen LogP contribution in [0.4, 0.5) is 4.39 Å². The molecule has 0 atom stereocenters. The first kappa shape index (κ1) is 10.9. The Kier molecular flexibility index (Phi) is 4.06. The lowest BCUT2D eigenvalue weighted by molar-refractivity contribution is 0.318. The van der Waals surface area contributed by atoms with E-state index in [0.29, 0.717) is 17.3 Å². The van der Waals surface area contributed by atoms with Crippen LogP contribution in [0.15, 0.2) is 21.5 Å². The lowest BCUT2D eigenvalue weighted by Crippen LogP contribution is -1.95. The van der Waals surface area contributed by atoms with Crippen LogP contribution in [0.3, 0.4) is 0 Å². The average Bonchev–Trinajstić information content (AvgIpc) is 2.11. The molecule has 0 bridgehead atoms. The molecule has 72 valence electrons. The van der Waals surface area contributed by atoms with Crippen molar-refractivity contribution in [3.8, 4) is 5.75 Å². The van der Waals surface area contributed by atoms with Gasteiger partial charge in [-0.3, -0.25) is 0 Å². The van der Waals surface area contributed by atoms with Gasteiger partial charge < -0.3 is 4.74 Å². The highest BCUT2D eigenvalue weighted by Gasteiger charge is 2.09. The van der Waals surface area contributed by atoms with Gasteiger partial charge in [-0.05, 0) is 25.3 Å². The minimum Gasteiger partial charge on any atom is -0.491 e. The summed E-state index contributed by atoms with van der Waals surface area (Å²) in [5.74, 6) is 0.0266. The predicted molar refractivity (Wildman–Crippen MR) is 57.1 cm³/mol. The molecule has 0 saturated heterocycles. The van der Waals surface area contributed by atoms with E-state index < -0.39 is 0 Å². The Morgan fingerprint density at radius 3 is 2.77 bits per heavy atom. The molecule has 1 aromatic carbocycles. The molecule has 0 N–H and O–H groups in total. The van der Waals surface area contributed by atoms with Crippen molar-refractivity contribution in [1.82, 2.24) is 0 Å². The van der Waals surface area contributed by atoms with Crippen molar-refractivity contribution in [2.45, 2.75) is 11.8 Å². The summed E-state index contributed by atoms with van der Waals surface area (Å²) in [5, 5.41) is 0. The Morgan fingerprint density at radius 1 is 1.54 bits per heavy atom. The van der Waals surface area contributed by atoms with Crippen LogP contribution in [0.25, 0.3) is 0 Å². The first-order valence-electron chi connectivity index (χ1n) is 3.84. The fourth-order valence-corrected chi connectivity index (χ4v) is 2.06. The van der Waals surface area contributed by atoms with Crippen LogP contribution in [0, 0.1) is 5.82 Å². The Bertz CT molecular complexity index is 304. The van der Waals surface area contributed by atoms with Gasteiger partial charge >= 0.3 is 0 Å². The van der Waals surface area contributed by atoms with Crippen LogP contribution >= 0.6 is 27.7 Å². The Labute approximate surface area is 89.8 Å². The maximum Gasteiger partial charge on any atom is 0.178 e. The molecule has 1 nitrogen and oxygen atoms in total. The largest absolute Gasteiger partial charge is 0.491 e. The van der Waals surface area contributed by atoms with Crippen LogP contribution in [-0.4, -0.2) is 12.9 Å². The SMILES string of the molecule is CCOc1cc(Br)cc(SC)c1F. The van der Waals surface area contributed by atoms with Gasteiger partial charge in [-0.25, -0.2) is 4.39 Å². The summed E-state index contributed by atoms with van der Waals surface area (Å²) < 4.78 is 19.4. The highest BCUT2D eigenvalue weighted by Crippen LogP contribution is 2.31. The first-order valence-corrected chi connectivity index (χ1v) is 5.86. The zero-order valence-electron chi connectivity index (χ0n) is 7.43. The third-order valence-electron chi connectivity index (χ3n) is 1.49. The zero-order valence-corrected chi connectivity index (χ0v) is 9.84. The van der Waals surface area contributed by atoms with Crippen molar-refractivity contribution in [3.63, 3.8) is 0 Å². The predicted octanol–water partition coefficient (Wildman–Crippen LogP) is 3.71. The number of hydrogen-bond donors (Lipinski definition) is 0. The Hall–Kier alpha value is -0.220. The molecule has 0 heterocycles. The first-order chi connectivity index (χ1) is 6.19. The third kappa shape index (κ3) is 2.61. The minimum absolute atomic E-state index is 0.280.